The number of rotatable bonds is 4. The Hall–Kier alpha value is -2.80. The standard InChI is InChI=1S/C18H18ClN5O2/c1-10-16(19)17(23-22-10)12-7-15(25)21-18-13(12)8-20-24(18)9-11-5-3-4-6-14(11)26-2/h3-6,8,12H,7,9H2,1-2H3,(H,21,25)(H,22,23). The molecule has 0 radical (unpaired) electrons. The van der Waals surface area contributed by atoms with Gasteiger partial charge < -0.3 is 10.1 Å². The van der Waals surface area contributed by atoms with E-state index in [1.165, 1.54) is 0 Å². The minimum Gasteiger partial charge on any atom is -0.496 e. The summed E-state index contributed by atoms with van der Waals surface area (Å²) >= 11 is 6.36. The zero-order valence-electron chi connectivity index (χ0n) is 14.4. The molecule has 3 aromatic rings. The van der Waals surface area contributed by atoms with Crippen LogP contribution in [0.5, 0.6) is 5.75 Å². The number of aromatic nitrogens is 4. The molecule has 7 nitrogen and oxygen atoms in total. The number of fused-ring (bicyclic) bond motifs is 1. The Balaban J connectivity index is 1.73. The second-order valence-corrected chi connectivity index (χ2v) is 6.65. The molecule has 0 aliphatic carbocycles. The highest BCUT2D eigenvalue weighted by Gasteiger charge is 2.33. The first-order chi connectivity index (χ1) is 12.6. The van der Waals surface area contributed by atoms with Crippen LogP contribution in [0, 0.1) is 6.92 Å². The summed E-state index contributed by atoms with van der Waals surface area (Å²) in [4.78, 5) is 12.3. The molecule has 0 spiro atoms. The number of aromatic amines is 1. The van der Waals surface area contributed by atoms with Gasteiger partial charge in [-0.25, -0.2) is 4.68 Å². The van der Waals surface area contributed by atoms with Gasteiger partial charge >= 0.3 is 0 Å². The number of aryl methyl sites for hydroxylation is 1. The van der Waals surface area contributed by atoms with Crippen molar-refractivity contribution in [1.29, 1.82) is 0 Å². The molecular weight excluding hydrogens is 354 g/mol. The number of hydrogen-bond donors (Lipinski definition) is 2. The third-order valence-electron chi connectivity index (χ3n) is 4.63. The molecule has 8 heteroatoms. The molecule has 1 aliphatic heterocycles. The summed E-state index contributed by atoms with van der Waals surface area (Å²) in [6, 6.07) is 7.74. The van der Waals surface area contributed by atoms with Gasteiger partial charge in [0.05, 0.1) is 36.3 Å². The number of benzene rings is 1. The predicted octanol–water partition coefficient (Wildman–Crippen LogP) is 3.10. The lowest BCUT2D eigenvalue weighted by Crippen LogP contribution is -2.25. The fourth-order valence-electron chi connectivity index (χ4n) is 3.29. The van der Waals surface area contributed by atoms with Gasteiger partial charge in [0.2, 0.25) is 5.91 Å². The van der Waals surface area contributed by atoms with E-state index in [0.29, 0.717) is 23.1 Å². The topological polar surface area (TPSA) is 84.8 Å². The van der Waals surface area contributed by atoms with E-state index in [2.05, 4.69) is 20.6 Å². The highest BCUT2D eigenvalue weighted by atomic mass is 35.5. The van der Waals surface area contributed by atoms with E-state index in [9.17, 15) is 4.79 Å². The van der Waals surface area contributed by atoms with Crippen molar-refractivity contribution in [1.82, 2.24) is 20.0 Å². The number of carbonyl (C=O) groups excluding carboxylic acids is 1. The molecule has 2 aromatic heterocycles. The number of hydrogen-bond acceptors (Lipinski definition) is 4. The SMILES string of the molecule is COc1ccccc1Cn1ncc2c1NC(=O)CC2c1n[nH]c(C)c1Cl. The Morgan fingerprint density at radius 3 is 2.92 bits per heavy atom. The van der Waals surface area contributed by atoms with E-state index in [0.717, 1.165) is 22.6 Å². The molecule has 0 saturated heterocycles. The van der Waals surface area contributed by atoms with Gasteiger partial charge in [-0.15, -0.1) is 0 Å². The number of ether oxygens (including phenoxy) is 1. The monoisotopic (exact) mass is 371 g/mol. The van der Waals surface area contributed by atoms with Crippen LogP contribution in [-0.2, 0) is 11.3 Å². The summed E-state index contributed by atoms with van der Waals surface area (Å²) in [6.45, 7) is 2.34. The minimum absolute atomic E-state index is 0.0824. The highest BCUT2D eigenvalue weighted by molar-refractivity contribution is 6.32. The van der Waals surface area contributed by atoms with Crippen LogP contribution < -0.4 is 10.1 Å². The van der Waals surface area contributed by atoms with E-state index >= 15 is 0 Å². The van der Waals surface area contributed by atoms with Crippen molar-refractivity contribution in [3.05, 3.63) is 58.0 Å². The van der Waals surface area contributed by atoms with Gasteiger partial charge in [-0.05, 0) is 13.0 Å². The minimum atomic E-state index is -0.220. The van der Waals surface area contributed by atoms with Crippen molar-refractivity contribution in [2.45, 2.75) is 25.8 Å². The first-order valence-electron chi connectivity index (χ1n) is 8.26. The number of carbonyl (C=O) groups is 1. The lowest BCUT2D eigenvalue weighted by molar-refractivity contribution is -0.116. The van der Waals surface area contributed by atoms with Gasteiger partial charge in [0, 0.05) is 23.5 Å². The Morgan fingerprint density at radius 2 is 2.19 bits per heavy atom. The van der Waals surface area contributed by atoms with Gasteiger partial charge in [0.15, 0.2) is 0 Å². The van der Waals surface area contributed by atoms with Crippen molar-refractivity contribution >= 4 is 23.3 Å². The van der Waals surface area contributed by atoms with Gasteiger partial charge in [-0.3, -0.25) is 9.89 Å². The maximum Gasteiger partial charge on any atom is 0.226 e. The van der Waals surface area contributed by atoms with Crippen LogP contribution in [0.15, 0.2) is 30.5 Å². The highest BCUT2D eigenvalue weighted by Crippen LogP contribution is 2.39. The van der Waals surface area contributed by atoms with Crippen LogP contribution in [0.25, 0.3) is 0 Å². The van der Waals surface area contributed by atoms with E-state index in [-0.39, 0.29) is 18.2 Å². The summed E-state index contributed by atoms with van der Waals surface area (Å²) in [5.41, 5.74) is 3.35. The Bertz CT molecular complexity index is 978. The molecule has 26 heavy (non-hydrogen) atoms. The van der Waals surface area contributed by atoms with Crippen LogP contribution in [0.1, 0.15) is 34.9 Å². The molecule has 1 aromatic carbocycles. The third kappa shape index (κ3) is 2.74. The number of nitrogens with one attached hydrogen (secondary N) is 2. The van der Waals surface area contributed by atoms with Gasteiger partial charge in [0.1, 0.15) is 11.6 Å². The molecule has 0 fully saturated rings. The maximum atomic E-state index is 12.3. The second kappa shape index (κ2) is 6.49. The number of methoxy groups -OCH3 is 1. The predicted molar refractivity (Wildman–Crippen MR) is 97.7 cm³/mol. The molecule has 1 amide bonds. The fourth-order valence-corrected chi connectivity index (χ4v) is 3.51. The van der Waals surface area contributed by atoms with E-state index < -0.39 is 0 Å². The summed E-state index contributed by atoms with van der Waals surface area (Å²) in [6.07, 6.45) is 2.06. The molecule has 2 N–H and O–H groups in total. The zero-order chi connectivity index (χ0) is 18.3. The lowest BCUT2D eigenvalue weighted by atomic mass is 9.91. The second-order valence-electron chi connectivity index (χ2n) is 6.27. The Labute approximate surface area is 155 Å². The average Bonchev–Trinajstić information content (AvgIpc) is 3.19. The number of anilines is 1. The number of nitrogens with zero attached hydrogens (tertiary/aromatic N) is 3. The molecule has 4 rings (SSSR count). The summed E-state index contributed by atoms with van der Waals surface area (Å²) in [5.74, 6) is 1.15. The van der Waals surface area contributed by atoms with Gasteiger partial charge in [-0.2, -0.15) is 10.2 Å². The van der Waals surface area contributed by atoms with Crippen LogP contribution in [0.4, 0.5) is 5.82 Å². The van der Waals surface area contributed by atoms with E-state index in [1.807, 2.05) is 31.2 Å². The largest absolute Gasteiger partial charge is 0.496 e. The maximum absolute atomic E-state index is 12.3. The number of para-hydroxylation sites is 1. The van der Waals surface area contributed by atoms with Crippen LogP contribution in [0.3, 0.4) is 0 Å². The Kier molecular flexibility index (Phi) is 4.16. The van der Waals surface area contributed by atoms with Crippen molar-refractivity contribution in [2.75, 3.05) is 12.4 Å². The van der Waals surface area contributed by atoms with Crippen molar-refractivity contribution in [3.8, 4) is 5.75 Å². The molecular formula is C18H18ClN5O2. The molecule has 0 saturated carbocycles. The number of halogens is 1. The fraction of sp³-hybridized carbons (Fsp3) is 0.278. The van der Waals surface area contributed by atoms with E-state index in [1.54, 1.807) is 18.0 Å². The summed E-state index contributed by atoms with van der Waals surface area (Å²) in [5, 5.41) is 15.2. The van der Waals surface area contributed by atoms with Gasteiger partial charge in [-0.1, -0.05) is 29.8 Å². The quantitative estimate of drug-likeness (QED) is 0.738. The van der Waals surface area contributed by atoms with Crippen LogP contribution >= 0.6 is 11.6 Å². The molecule has 3 heterocycles. The van der Waals surface area contributed by atoms with Crippen LogP contribution in [-0.4, -0.2) is 33.0 Å². The molecule has 1 unspecified atom stereocenters. The molecule has 1 aliphatic rings. The van der Waals surface area contributed by atoms with Crippen molar-refractivity contribution in [3.63, 3.8) is 0 Å². The van der Waals surface area contributed by atoms with Crippen molar-refractivity contribution < 1.29 is 9.53 Å². The number of H-pyrrole nitrogens is 1. The van der Waals surface area contributed by atoms with Crippen molar-refractivity contribution in [2.24, 2.45) is 0 Å². The Morgan fingerprint density at radius 1 is 1.38 bits per heavy atom. The molecule has 1 atom stereocenters. The first-order valence-corrected chi connectivity index (χ1v) is 8.64. The first kappa shape index (κ1) is 16.7. The zero-order valence-corrected chi connectivity index (χ0v) is 15.2. The van der Waals surface area contributed by atoms with Crippen LogP contribution in [0.2, 0.25) is 5.02 Å². The molecule has 0 bridgehead atoms. The number of amides is 1. The summed E-state index contributed by atoms with van der Waals surface area (Å²) in [7, 11) is 1.64. The average molecular weight is 372 g/mol. The summed E-state index contributed by atoms with van der Waals surface area (Å²) < 4.78 is 7.18. The van der Waals surface area contributed by atoms with E-state index in [4.69, 9.17) is 16.3 Å². The van der Waals surface area contributed by atoms with Gasteiger partial charge in [0.25, 0.3) is 0 Å². The smallest absolute Gasteiger partial charge is 0.226 e. The third-order valence-corrected chi connectivity index (χ3v) is 5.11. The normalized spacial score (nSPS) is 16.3. The molecule has 134 valence electrons. The lowest BCUT2D eigenvalue weighted by Gasteiger charge is -2.22.